The maximum atomic E-state index is 12.7. The molecule has 0 heterocycles. The highest BCUT2D eigenvalue weighted by atomic mass is 32.2. The summed E-state index contributed by atoms with van der Waals surface area (Å²) in [6.07, 6.45) is -7.12. The summed E-state index contributed by atoms with van der Waals surface area (Å²) in [5.74, 6) is -14.6. The summed E-state index contributed by atoms with van der Waals surface area (Å²) in [6.45, 7) is 0. The highest BCUT2D eigenvalue weighted by Gasteiger charge is 2.86. The molecule has 0 N–H and O–H groups in total. The van der Waals surface area contributed by atoms with E-state index in [-0.39, 0.29) is 7.11 Å². The predicted molar refractivity (Wildman–Crippen MR) is 37.9 cm³/mol. The molecule has 0 aromatic heterocycles. The lowest BCUT2D eigenvalue weighted by Crippen LogP contribution is -2.63. The van der Waals surface area contributed by atoms with E-state index in [2.05, 4.69) is 9.22 Å². The molecule has 0 saturated heterocycles. The molecule has 0 aliphatic heterocycles. The molecule has 0 spiro atoms. The van der Waals surface area contributed by atoms with Crippen LogP contribution in [0.4, 0.5) is 39.5 Å². The van der Waals surface area contributed by atoms with Crippen molar-refractivity contribution < 1.29 is 57.2 Å². The van der Waals surface area contributed by atoms with Gasteiger partial charge in [-0.15, -0.1) is 4.33 Å². The van der Waals surface area contributed by atoms with Crippen molar-refractivity contribution in [3.8, 4) is 0 Å². The average molecular weight is 330 g/mol. The van der Waals surface area contributed by atoms with Crippen LogP contribution in [0.5, 0.6) is 0 Å². The van der Waals surface area contributed by atoms with Gasteiger partial charge in [-0.2, -0.15) is 47.9 Å². The van der Waals surface area contributed by atoms with Crippen LogP contribution in [-0.4, -0.2) is 38.8 Å². The SMILES string of the molecule is COOS(=O)(=O)C(F)(F)C(F)(F)C(F)(F)C(F)(F)F. The summed E-state index contributed by atoms with van der Waals surface area (Å²) < 4.78 is 133. The molecular weight excluding hydrogens is 327 g/mol. The average Bonchev–Trinajstić information content (AvgIpc) is 2.14. The number of hydrogen-bond donors (Lipinski definition) is 0. The van der Waals surface area contributed by atoms with E-state index < -0.39 is 33.4 Å². The molecule has 0 amide bonds. The second-order valence-corrected chi connectivity index (χ2v) is 4.41. The van der Waals surface area contributed by atoms with Crippen LogP contribution >= 0.6 is 0 Å². The van der Waals surface area contributed by atoms with Gasteiger partial charge in [-0.1, -0.05) is 0 Å². The third kappa shape index (κ3) is 2.60. The first kappa shape index (κ1) is 18.2. The first-order chi connectivity index (χ1) is 8.06. The van der Waals surface area contributed by atoms with Crippen LogP contribution in [0, 0.1) is 0 Å². The van der Waals surface area contributed by atoms with E-state index in [0.717, 1.165) is 0 Å². The van der Waals surface area contributed by atoms with Crippen LogP contribution in [0.15, 0.2) is 0 Å². The molecule has 0 fully saturated rings. The Morgan fingerprint density at radius 1 is 0.789 bits per heavy atom. The van der Waals surface area contributed by atoms with Crippen molar-refractivity contribution in [2.45, 2.75) is 23.3 Å². The third-order valence-corrected chi connectivity index (χ3v) is 2.79. The Morgan fingerprint density at radius 2 is 1.16 bits per heavy atom. The minimum Gasteiger partial charge on any atom is -0.223 e. The molecule has 0 aromatic carbocycles. The molecule has 0 aromatic rings. The number of rotatable bonds is 5. The highest BCUT2D eigenvalue weighted by molar-refractivity contribution is 7.87. The standard InChI is InChI=1S/C5H3F9O4S/c1-17-18-19(15,16)5(13,14)3(8,9)2(6,7)4(10,11)12/h1H3. The van der Waals surface area contributed by atoms with E-state index in [9.17, 15) is 47.9 Å². The first-order valence-electron chi connectivity index (χ1n) is 3.73. The summed E-state index contributed by atoms with van der Waals surface area (Å²) in [5, 5.41) is -6.89. The van der Waals surface area contributed by atoms with Crippen molar-refractivity contribution in [3.05, 3.63) is 0 Å². The van der Waals surface area contributed by atoms with E-state index in [1.54, 1.807) is 0 Å². The Kier molecular flexibility index (Phi) is 4.47. The van der Waals surface area contributed by atoms with Crippen LogP contribution in [-0.2, 0) is 19.3 Å². The van der Waals surface area contributed by atoms with Crippen LogP contribution in [0.3, 0.4) is 0 Å². The highest BCUT2D eigenvalue weighted by Crippen LogP contribution is 2.54. The van der Waals surface area contributed by atoms with Crippen molar-refractivity contribution in [2.24, 2.45) is 0 Å². The van der Waals surface area contributed by atoms with E-state index in [0.29, 0.717) is 0 Å². The van der Waals surface area contributed by atoms with Crippen LogP contribution in [0.1, 0.15) is 0 Å². The molecule has 0 rings (SSSR count). The van der Waals surface area contributed by atoms with Gasteiger partial charge in [0, 0.05) is 0 Å². The van der Waals surface area contributed by atoms with Gasteiger partial charge in [0.25, 0.3) is 0 Å². The van der Waals surface area contributed by atoms with Crippen LogP contribution in [0.25, 0.3) is 0 Å². The Bertz CT molecular complexity index is 424. The van der Waals surface area contributed by atoms with Crippen LogP contribution < -0.4 is 0 Å². The molecule has 0 unspecified atom stereocenters. The fraction of sp³-hybridized carbons (Fsp3) is 1.00. The fourth-order valence-corrected chi connectivity index (χ4v) is 1.36. The monoisotopic (exact) mass is 330 g/mol. The topological polar surface area (TPSA) is 52.6 Å². The largest absolute Gasteiger partial charge is 0.460 e. The third-order valence-electron chi connectivity index (χ3n) is 1.59. The van der Waals surface area contributed by atoms with Crippen molar-refractivity contribution in [1.82, 2.24) is 0 Å². The maximum absolute atomic E-state index is 12.7. The van der Waals surface area contributed by atoms with E-state index in [1.165, 1.54) is 0 Å². The molecule has 4 nitrogen and oxygen atoms in total. The predicted octanol–water partition coefficient (Wildman–Crippen LogP) is 2.32. The minimum absolute atomic E-state index is 0.216. The maximum Gasteiger partial charge on any atom is 0.460 e. The number of hydrogen-bond acceptors (Lipinski definition) is 4. The molecule has 0 aliphatic carbocycles. The van der Waals surface area contributed by atoms with Crippen molar-refractivity contribution >= 4 is 10.1 Å². The molecule has 116 valence electrons. The zero-order valence-corrected chi connectivity index (χ0v) is 9.26. The van der Waals surface area contributed by atoms with Gasteiger partial charge in [0.15, 0.2) is 0 Å². The lowest BCUT2D eigenvalue weighted by molar-refractivity contribution is -0.384. The second kappa shape index (κ2) is 4.66. The molecule has 0 radical (unpaired) electrons. The second-order valence-electron chi connectivity index (χ2n) is 2.85. The van der Waals surface area contributed by atoms with E-state index in [4.69, 9.17) is 0 Å². The van der Waals surface area contributed by atoms with Crippen molar-refractivity contribution in [1.29, 1.82) is 0 Å². The van der Waals surface area contributed by atoms with Gasteiger partial charge in [0.05, 0.1) is 7.11 Å². The minimum atomic E-state index is -7.33. The molecule has 14 heteroatoms. The van der Waals surface area contributed by atoms with Gasteiger partial charge in [0.1, 0.15) is 0 Å². The first-order valence-corrected chi connectivity index (χ1v) is 5.14. The van der Waals surface area contributed by atoms with E-state index in [1.807, 2.05) is 0 Å². The molecular formula is C5H3F9O4S. The normalized spacial score (nSPS) is 15.7. The summed E-state index contributed by atoms with van der Waals surface area (Å²) >= 11 is 0. The number of halogens is 9. The Balaban J connectivity index is 5.92. The molecule has 0 bridgehead atoms. The zero-order valence-electron chi connectivity index (χ0n) is 8.44. The quantitative estimate of drug-likeness (QED) is 0.441. The summed E-state index contributed by atoms with van der Waals surface area (Å²) in [5.41, 5.74) is 0. The summed E-state index contributed by atoms with van der Waals surface area (Å²) in [6, 6.07) is 0. The van der Waals surface area contributed by atoms with Gasteiger partial charge in [-0.3, -0.25) is 0 Å². The molecule has 0 aliphatic rings. The van der Waals surface area contributed by atoms with Crippen molar-refractivity contribution in [2.75, 3.05) is 7.11 Å². The summed E-state index contributed by atoms with van der Waals surface area (Å²) in [7, 11) is -6.68. The molecule has 19 heavy (non-hydrogen) atoms. The van der Waals surface area contributed by atoms with Gasteiger partial charge in [-0.05, 0) is 0 Å². The zero-order chi connectivity index (χ0) is 15.9. The Hall–Kier alpha value is -0.760. The lowest BCUT2D eigenvalue weighted by Gasteiger charge is -2.32. The molecule has 0 atom stereocenters. The molecule has 0 saturated carbocycles. The summed E-state index contributed by atoms with van der Waals surface area (Å²) in [4.78, 5) is 3.06. The Morgan fingerprint density at radius 3 is 1.42 bits per heavy atom. The fourth-order valence-electron chi connectivity index (χ4n) is 0.650. The van der Waals surface area contributed by atoms with Crippen LogP contribution in [0.2, 0.25) is 0 Å². The van der Waals surface area contributed by atoms with Gasteiger partial charge in [0.2, 0.25) is 0 Å². The lowest BCUT2D eigenvalue weighted by atomic mass is 10.1. The smallest absolute Gasteiger partial charge is 0.223 e. The van der Waals surface area contributed by atoms with E-state index >= 15 is 0 Å². The number of alkyl halides is 9. The van der Waals surface area contributed by atoms with Gasteiger partial charge >= 0.3 is 33.4 Å². The van der Waals surface area contributed by atoms with Gasteiger partial charge in [-0.25, -0.2) is 4.89 Å². The van der Waals surface area contributed by atoms with Gasteiger partial charge < -0.3 is 0 Å². The van der Waals surface area contributed by atoms with Crippen molar-refractivity contribution in [3.63, 3.8) is 0 Å². The Labute approximate surface area is 98.7 Å².